The topological polar surface area (TPSA) is 50.9 Å². The Kier molecular flexibility index (Phi) is 3.59. The zero-order chi connectivity index (χ0) is 15.0. The quantitative estimate of drug-likeness (QED) is 0.853. The van der Waals surface area contributed by atoms with Crippen molar-refractivity contribution < 1.29 is 4.39 Å². The summed E-state index contributed by atoms with van der Waals surface area (Å²) in [5.41, 5.74) is 10.3. The normalized spacial score (nSPS) is 13.0. The molecule has 1 aliphatic carbocycles. The molecule has 0 aliphatic heterocycles. The zero-order valence-electron chi connectivity index (χ0n) is 11.7. The van der Waals surface area contributed by atoms with E-state index in [0.29, 0.717) is 22.1 Å². The highest BCUT2D eigenvalue weighted by atomic mass is 32.1. The van der Waals surface area contributed by atoms with Crippen LogP contribution in [0.5, 0.6) is 0 Å². The number of rotatable bonds is 3. The van der Waals surface area contributed by atoms with Crippen LogP contribution in [0.15, 0.2) is 24.3 Å². The average molecular weight is 301 g/mol. The number of fused-ring (bicyclic) bond motifs is 1. The van der Waals surface area contributed by atoms with Crippen LogP contribution in [-0.4, -0.2) is 9.97 Å². The van der Waals surface area contributed by atoms with E-state index >= 15 is 0 Å². The van der Waals surface area contributed by atoms with Crippen molar-refractivity contribution in [2.75, 3.05) is 5.32 Å². The molecule has 108 valence electrons. The number of halogens is 1. The van der Waals surface area contributed by atoms with E-state index in [1.54, 1.807) is 0 Å². The van der Waals surface area contributed by atoms with Crippen LogP contribution in [0.25, 0.3) is 0 Å². The molecule has 0 saturated carbocycles. The van der Waals surface area contributed by atoms with Gasteiger partial charge >= 0.3 is 0 Å². The van der Waals surface area contributed by atoms with Gasteiger partial charge in [0.15, 0.2) is 0 Å². The molecular weight excluding hydrogens is 285 g/mol. The molecule has 3 N–H and O–H groups in total. The molecule has 1 aliphatic rings. The van der Waals surface area contributed by atoms with Gasteiger partial charge in [-0.25, -0.2) is 9.37 Å². The molecule has 21 heavy (non-hydrogen) atoms. The third-order valence-corrected chi connectivity index (χ3v) is 3.84. The molecule has 0 atom stereocenters. The lowest BCUT2D eigenvalue weighted by atomic mass is 10.1. The minimum absolute atomic E-state index is 0.282. The summed E-state index contributed by atoms with van der Waals surface area (Å²) in [6, 6.07) is 6.79. The molecule has 2 aromatic rings. The van der Waals surface area contributed by atoms with Gasteiger partial charge in [0.05, 0.1) is 5.56 Å². The van der Waals surface area contributed by atoms with Gasteiger partial charge in [-0.15, -0.1) is 0 Å². The van der Waals surface area contributed by atoms with Gasteiger partial charge in [0.2, 0.25) is 0 Å². The van der Waals surface area contributed by atoms with E-state index in [1.165, 1.54) is 17.7 Å². The molecule has 1 heterocycles. The van der Waals surface area contributed by atoms with E-state index in [4.69, 9.17) is 18.0 Å². The summed E-state index contributed by atoms with van der Waals surface area (Å²) in [4.78, 5) is 4.93. The van der Waals surface area contributed by atoms with Crippen molar-refractivity contribution in [3.63, 3.8) is 0 Å². The smallest absolute Gasteiger partial charge is 0.140 e. The van der Waals surface area contributed by atoms with Crippen LogP contribution in [0.4, 0.5) is 15.9 Å². The average Bonchev–Trinajstić information content (AvgIpc) is 2.83. The van der Waals surface area contributed by atoms with E-state index in [0.717, 1.165) is 30.5 Å². The number of hydrogen-bond acceptors (Lipinski definition) is 3. The van der Waals surface area contributed by atoms with Crippen LogP contribution >= 0.6 is 12.2 Å². The summed E-state index contributed by atoms with van der Waals surface area (Å²) >= 11 is 5.11. The third-order valence-electron chi connectivity index (χ3n) is 3.62. The van der Waals surface area contributed by atoms with E-state index in [9.17, 15) is 4.39 Å². The maximum atomic E-state index is 13.5. The van der Waals surface area contributed by atoms with Gasteiger partial charge in [-0.3, -0.25) is 0 Å². The minimum atomic E-state index is -0.282. The maximum Gasteiger partial charge on any atom is 0.140 e. The molecule has 0 bridgehead atoms. The SMILES string of the molecule is Cc1cc(F)cc(Nc2nc3c(cc2C(N)=S)CCC3)c1. The predicted molar refractivity (Wildman–Crippen MR) is 86.6 cm³/mol. The van der Waals surface area contributed by atoms with Gasteiger partial charge in [0.25, 0.3) is 0 Å². The van der Waals surface area contributed by atoms with Gasteiger partial charge in [-0.1, -0.05) is 12.2 Å². The predicted octanol–water partition coefficient (Wildman–Crippen LogP) is 3.40. The van der Waals surface area contributed by atoms with Gasteiger partial charge < -0.3 is 11.1 Å². The van der Waals surface area contributed by atoms with Crippen molar-refractivity contribution >= 4 is 28.7 Å². The van der Waals surface area contributed by atoms with Crippen molar-refractivity contribution in [2.45, 2.75) is 26.2 Å². The molecule has 0 unspecified atom stereocenters. The van der Waals surface area contributed by atoms with Crippen LogP contribution in [0.1, 0.15) is 28.8 Å². The minimum Gasteiger partial charge on any atom is -0.389 e. The van der Waals surface area contributed by atoms with Crippen molar-refractivity contribution in [3.8, 4) is 0 Å². The lowest BCUT2D eigenvalue weighted by Crippen LogP contribution is -2.14. The fraction of sp³-hybridized carbons (Fsp3) is 0.250. The van der Waals surface area contributed by atoms with Crippen molar-refractivity contribution in [1.82, 2.24) is 4.98 Å². The fourth-order valence-electron chi connectivity index (χ4n) is 2.70. The first kappa shape index (κ1) is 13.9. The number of nitrogens with two attached hydrogens (primary N) is 1. The molecule has 1 aromatic carbocycles. The third kappa shape index (κ3) is 2.88. The van der Waals surface area contributed by atoms with E-state index in [1.807, 2.05) is 19.1 Å². The number of aryl methyl sites for hydroxylation is 3. The van der Waals surface area contributed by atoms with E-state index < -0.39 is 0 Å². The highest BCUT2D eigenvalue weighted by Gasteiger charge is 2.18. The molecular formula is C16H16FN3S. The van der Waals surface area contributed by atoms with E-state index in [2.05, 4.69) is 10.3 Å². The Morgan fingerprint density at radius 3 is 2.81 bits per heavy atom. The molecule has 1 aromatic heterocycles. The number of aromatic nitrogens is 1. The first-order chi connectivity index (χ1) is 10.0. The van der Waals surface area contributed by atoms with Crippen LogP contribution in [0.2, 0.25) is 0 Å². The molecule has 0 spiro atoms. The van der Waals surface area contributed by atoms with E-state index in [-0.39, 0.29) is 5.82 Å². The molecule has 0 radical (unpaired) electrons. The number of nitrogens with one attached hydrogen (secondary N) is 1. The monoisotopic (exact) mass is 301 g/mol. The summed E-state index contributed by atoms with van der Waals surface area (Å²) in [6.07, 6.45) is 3.07. The number of benzene rings is 1. The van der Waals surface area contributed by atoms with Crippen LogP contribution in [-0.2, 0) is 12.8 Å². The first-order valence-electron chi connectivity index (χ1n) is 6.90. The standard InChI is InChI=1S/C16H16FN3S/c1-9-5-11(17)8-12(6-9)19-16-13(15(18)21)7-10-3-2-4-14(10)20-16/h5-8H,2-4H2,1H3,(H2,18,21)(H,19,20). The summed E-state index contributed by atoms with van der Waals surface area (Å²) in [5.74, 6) is 0.323. The van der Waals surface area contributed by atoms with Crippen LogP contribution in [0, 0.1) is 12.7 Å². The summed E-state index contributed by atoms with van der Waals surface area (Å²) in [5, 5.41) is 3.15. The second kappa shape index (κ2) is 5.41. The van der Waals surface area contributed by atoms with Crippen LogP contribution in [0.3, 0.4) is 0 Å². The Labute approximate surface area is 128 Å². The number of nitrogens with zero attached hydrogens (tertiary/aromatic N) is 1. The highest BCUT2D eigenvalue weighted by molar-refractivity contribution is 7.80. The second-order valence-electron chi connectivity index (χ2n) is 5.35. The molecule has 0 saturated heterocycles. The lowest BCUT2D eigenvalue weighted by Gasteiger charge is -2.13. The number of anilines is 2. The fourth-order valence-corrected chi connectivity index (χ4v) is 2.86. The molecule has 3 nitrogen and oxygen atoms in total. The first-order valence-corrected chi connectivity index (χ1v) is 7.30. The Balaban J connectivity index is 2.03. The number of hydrogen-bond donors (Lipinski definition) is 2. The maximum absolute atomic E-state index is 13.5. The Hall–Kier alpha value is -2.01. The van der Waals surface area contributed by atoms with Gasteiger partial charge in [0.1, 0.15) is 16.6 Å². The number of pyridine rings is 1. The van der Waals surface area contributed by atoms with Crippen molar-refractivity contribution in [1.29, 1.82) is 0 Å². The molecule has 5 heteroatoms. The Morgan fingerprint density at radius 1 is 1.29 bits per heavy atom. The molecule has 3 rings (SSSR count). The zero-order valence-corrected chi connectivity index (χ0v) is 12.6. The van der Waals surface area contributed by atoms with Gasteiger partial charge in [-0.05, 0) is 61.6 Å². The Morgan fingerprint density at radius 2 is 2.10 bits per heavy atom. The van der Waals surface area contributed by atoms with Crippen molar-refractivity contribution in [3.05, 3.63) is 52.5 Å². The van der Waals surface area contributed by atoms with Gasteiger partial charge in [-0.2, -0.15) is 0 Å². The Bertz CT molecular complexity index is 707. The highest BCUT2D eigenvalue weighted by Crippen LogP contribution is 2.27. The van der Waals surface area contributed by atoms with Crippen LogP contribution < -0.4 is 11.1 Å². The summed E-state index contributed by atoms with van der Waals surface area (Å²) in [6.45, 7) is 1.85. The summed E-state index contributed by atoms with van der Waals surface area (Å²) < 4.78 is 13.5. The van der Waals surface area contributed by atoms with Gasteiger partial charge in [0, 0.05) is 11.4 Å². The number of thiocarbonyl (C=S) groups is 1. The summed E-state index contributed by atoms with van der Waals surface area (Å²) in [7, 11) is 0. The molecule has 0 amide bonds. The lowest BCUT2D eigenvalue weighted by molar-refractivity contribution is 0.627. The largest absolute Gasteiger partial charge is 0.389 e. The molecule has 0 fully saturated rings. The van der Waals surface area contributed by atoms with Crippen molar-refractivity contribution in [2.24, 2.45) is 5.73 Å². The second-order valence-corrected chi connectivity index (χ2v) is 5.79.